The van der Waals surface area contributed by atoms with Gasteiger partial charge in [-0.3, -0.25) is 0 Å². The lowest BCUT2D eigenvalue weighted by Crippen LogP contribution is -2.50. The summed E-state index contributed by atoms with van der Waals surface area (Å²) in [7, 11) is 0. The van der Waals surface area contributed by atoms with Gasteiger partial charge in [0.1, 0.15) is 0 Å². The van der Waals surface area contributed by atoms with Gasteiger partial charge in [-0.05, 0) is 97.1 Å². The van der Waals surface area contributed by atoms with E-state index in [0.717, 1.165) is 0 Å². The van der Waals surface area contributed by atoms with Gasteiger partial charge >= 0.3 is 0 Å². The van der Waals surface area contributed by atoms with Crippen molar-refractivity contribution in [2.24, 2.45) is 0 Å². The Morgan fingerprint density at radius 1 is 0.259 bits per heavy atom. The fraction of sp³-hybridized carbons (Fsp3) is 0.981. The van der Waals surface area contributed by atoms with E-state index in [9.17, 15) is 0 Å². The molecule has 0 aliphatic heterocycles. The highest BCUT2D eigenvalue weighted by Crippen LogP contribution is 2.20. The minimum absolute atomic E-state index is 1.36. The second-order valence-corrected chi connectivity index (χ2v) is 18.5. The van der Waals surface area contributed by atoms with Crippen LogP contribution in [0.3, 0.4) is 0 Å². The lowest BCUT2D eigenvalue weighted by molar-refractivity contribution is -0.927. The Hall–Kier alpha value is -0.810. The van der Waals surface area contributed by atoms with Crippen LogP contribution in [0.1, 0.15) is 287 Å². The number of quaternary nitrogens is 2. The molecular formula is C53H112N2O3. The SMILES string of the molecule is CCCCCCCC[N+](CC)(CCCCCCCC)CCCCCCCC.CCCCCCCC[N+](CC)(CCCCCCCC)CCCCCCCC.O=C([O-])[O-]. The second kappa shape index (κ2) is 50.5. The molecule has 0 bridgehead atoms. The quantitative estimate of drug-likeness (QED) is 0.0454. The van der Waals surface area contributed by atoms with Crippen LogP contribution in [-0.4, -0.2) is 67.5 Å². The zero-order chi connectivity index (χ0) is 43.7. The molecule has 0 rings (SSSR count). The zero-order valence-corrected chi connectivity index (χ0v) is 41.7. The van der Waals surface area contributed by atoms with Gasteiger partial charge in [0.15, 0.2) is 0 Å². The van der Waals surface area contributed by atoms with E-state index in [0.29, 0.717) is 0 Å². The molecule has 0 amide bonds. The molecule has 0 aliphatic rings. The number of hydrogen-bond donors (Lipinski definition) is 0. The fourth-order valence-electron chi connectivity index (χ4n) is 8.98. The molecule has 0 spiro atoms. The van der Waals surface area contributed by atoms with E-state index in [1.165, 1.54) is 292 Å². The smallest absolute Gasteiger partial charge is 0.0786 e. The van der Waals surface area contributed by atoms with Crippen LogP contribution in [0.4, 0.5) is 4.79 Å². The summed E-state index contributed by atoms with van der Waals surface area (Å²) in [6.07, 6.45) is 49.5. The summed E-state index contributed by atoms with van der Waals surface area (Å²) in [5, 5.41) is 16.7. The Morgan fingerprint density at radius 2 is 0.379 bits per heavy atom. The van der Waals surface area contributed by atoms with Crippen molar-refractivity contribution in [3.05, 3.63) is 0 Å². The van der Waals surface area contributed by atoms with Crippen molar-refractivity contribution in [1.29, 1.82) is 0 Å². The van der Waals surface area contributed by atoms with Crippen molar-refractivity contribution in [3.63, 3.8) is 0 Å². The first-order chi connectivity index (χ1) is 28.2. The van der Waals surface area contributed by atoms with Crippen molar-refractivity contribution in [2.45, 2.75) is 287 Å². The molecule has 5 nitrogen and oxygen atoms in total. The van der Waals surface area contributed by atoms with Gasteiger partial charge in [-0.1, -0.05) is 196 Å². The third kappa shape index (κ3) is 46.3. The molecule has 0 aromatic rings. The molecule has 0 heterocycles. The van der Waals surface area contributed by atoms with Gasteiger partial charge in [0.25, 0.3) is 0 Å². The van der Waals surface area contributed by atoms with Crippen LogP contribution >= 0.6 is 0 Å². The van der Waals surface area contributed by atoms with Crippen LogP contribution < -0.4 is 10.2 Å². The zero-order valence-electron chi connectivity index (χ0n) is 41.7. The van der Waals surface area contributed by atoms with Crippen LogP contribution in [0.2, 0.25) is 0 Å². The molecule has 0 atom stereocenters. The third-order valence-electron chi connectivity index (χ3n) is 13.3. The summed E-state index contributed by atoms with van der Waals surface area (Å²) in [4.78, 5) is 8.33. The van der Waals surface area contributed by atoms with E-state index in [2.05, 4.69) is 55.4 Å². The van der Waals surface area contributed by atoms with E-state index in [1.54, 1.807) is 0 Å². The first-order valence-electron chi connectivity index (χ1n) is 26.8. The van der Waals surface area contributed by atoms with Crippen molar-refractivity contribution in [2.75, 3.05) is 52.4 Å². The van der Waals surface area contributed by atoms with Crippen LogP contribution in [0.5, 0.6) is 0 Å². The topological polar surface area (TPSA) is 63.2 Å². The van der Waals surface area contributed by atoms with Crippen molar-refractivity contribution in [1.82, 2.24) is 0 Å². The number of hydrogen-bond acceptors (Lipinski definition) is 3. The molecule has 0 radical (unpaired) electrons. The molecule has 58 heavy (non-hydrogen) atoms. The van der Waals surface area contributed by atoms with Gasteiger partial charge in [-0.25, -0.2) is 0 Å². The van der Waals surface area contributed by atoms with Crippen LogP contribution in [-0.2, 0) is 0 Å². The predicted octanol–water partition coefficient (Wildman–Crippen LogP) is 15.4. The van der Waals surface area contributed by atoms with E-state index in [4.69, 9.17) is 15.0 Å². The van der Waals surface area contributed by atoms with Crippen LogP contribution in [0.25, 0.3) is 0 Å². The Labute approximate surface area is 367 Å². The summed E-state index contributed by atoms with van der Waals surface area (Å²) < 4.78 is 2.85. The number of carbonyl (C=O) groups is 1. The highest BCUT2D eigenvalue weighted by Gasteiger charge is 2.25. The maximum Gasteiger partial charge on any atom is 0.0786 e. The minimum Gasteiger partial charge on any atom is -0.652 e. The number of unbranched alkanes of at least 4 members (excludes halogenated alkanes) is 30. The Kier molecular flexibility index (Phi) is 53.6. The van der Waals surface area contributed by atoms with Crippen LogP contribution in [0.15, 0.2) is 0 Å². The van der Waals surface area contributed by atoms with Gasteiger partial charge in [0, 0.05) is 0 Å². The van der Waals surface area contributed by atoms with E-state index in [-0.39, 0.29) is 0 Å². The predicted molar refractivity (Wildman–Crippen MR) is 256 cm³/mol. The van der Waals surface area contributed by atoms with E-state index >= 15 is 0 Å². The van der Waals surface area contributed by atoms with Gasteiger partial charge < -0.3 is 24.0 Å². The van der Waals surface area contributed by atoms with Crippen molar-refractivity contribution >= 4 is 6.16 Å². The van der Waals surface area contributed by atoms with Crippen LogP contribution in [0, 0.1) is 0 Å². The Bertz CT molecular complexity index is 618. The summed E-state index contributed by atoms with van der Waals surface area (Å²) in [5.41, 5.74) is 0. The highest BCUT2D eigenvalue weighted by molar-refractivity contribution is 5.47. The number of nitrogens with zero attached hydrogens (tertiary/aromatic N) is 2. The summed E-state index contributed by atoms with van der Waals surface area (Å²) in [5.74, 6) is 0. The first-order valence-corrected chi connectivity index (χ1v) is 26.8. The number of rotatable bonds is 44. The molecule has 0 saturated carbocycles. The number of carbonyl (C=O) groups excluding carboxylic acids is 1. The van der Waals surface area contributed by atoms with Gasteiger partial charge in [-0.2, -0.15) is 0 Å². The van der Waals surface area contributed by atoms with Gasteiger partial charge in [-0.15, -0.1) is 0 Å². The minimum atomic E-state index is -2.33. The molecule has 0 N–H and O–H groups in total. The molecule has 0 fully saturated rings. The molecule has 0 aromatic carbocycles. The highest BCUT2D eigenvalue weighted by atomic mass is 16.6. The molecule has 0 aliphatic carbocycles. The average molecular weight is 825 g/mol. The monoisotopic (exact) mass is 825 g/mol. The molecule has 352 valence electrons. The molecule has 0 saturated heterocycles. The molecule has 5 heteroatoms. The largest absolute Gasteiger partial charge is 0.652 e. The van der Waals surface area contributed by atoms with Crippen molar-refractivity contribution in [3.8, 4) is 0 Å². The lowest BCUT2D eigenvalue weighted by Gasteiger charge is -2.38. The Morgan fingerprint density at radius 3 is 0.500 bits per heavy atom. The summed E-state index contributed by atoms with van der Waals surface area (Å²) in [6, 6.07) is 0. The molecule has 0 unspecified atom stereocenters. The standard InChI is InChI=1S/2C26H56N.CH2O3/c2*1-5-9-12-15-18-21-24-27(8-4,25-22-19-16-13-10-6-2)26-23-20-17-14-11-7-3;2-1(3)4/h2*5-26H2,1-4H3;(H2,2,3,4)/q2*+1;/p-2. The lowest BCUT2D eigenvalue weighted by atomic mass is 10.1. The fourth-order valence-corrected chi connectivity index (χ4v) is 8.98. The van der Waals surface area contributed by atoms with Crippen molar-refractivity contribution < 1.29 is 24.0 Å². The van der Waals surface area contributed by atoms with E-state index < -0.39 is 6.16 Å². The normalized spacial score (nSPS) is 11.6. The van der Waals surface area contributed by atoms with Gasteiger partial charge in [0.2, 0.25) is 0 Å². The molecule has 0 aromatic heterocycles. The summed E-state index contributed by atoms with van der Waals surface area (Å²) >= 11 is 0. The summed E-state index contributed by atoms with van der Waals surface area (Å²) in [6.45, 7) is 30.3. The van der Waals surface area contributed by atoms with Gasteiger partial charge in [0.05, 0.1) is 52.4 Å². The average Bonchev–Trinajstić information content (AvgIpc) is 3.22. The maximum absolute atomic E-state index is 8.33. The number of carboxylic acid groups (broad SMARTS) is 2. The molecular weight excluding hydrogens is 713 g/mol. The second-order valence-electron chi connectivity index (χ2n) is 18.5. The first kappa shape index (κ1) is 61.5. The Balaban J connectivity index is -0.000000953. The van der Waals surface area contributed by atoms with E-state index in [1.807, 2.05) is 0 Å². The maximum atomic E-state index is 8.33. The third-order valence-corrected chi connectivity index (χ3v) is 13.3.